The van der Waals surface area contributed by atoms with Crippen LogP contribution in [0, 0.1) is 11.3 Å². The van der Waals surface area contributed by atoms with Crippen molar-refractivity contribution in [1.29, 1.82) is 5.26 Å². The average molecular weight is 214 g/mol. The second kappa shape index (κ2) is 4.03. The van der Waals surface area contributed by atoms with Crippen molar-refractivity contribution in [1.82, 2.24) is 4.98 Å². The van der Waals surface area contributed by atoms with Gasteiger partial charge in [0.25, 0.3) is 0 Å². The number of aromatic nitrogens is 1. The zero-order valence-corrected chi connectivity index (χ0v) is 8.49. The van der Waals surface area contributed by atoms with E-state index in [0.717, 1.165) is 16.7 Å². The van der Waals surface area contributed by atoms with E-state index in [2.05, 4.69) is 11.1 Å². The first-order chi connectivity index (χ1) is 7.33. The van der Waals surface area contributed by atoms with Crippen LogP contribution in [-0.4, -0.2) is 11.3 Å². The number of carbonyl (C=O) groups is 1. The maximum atomic E-state index is 10.5. The lowest BCUT2D eigenvalue weighted by Crippen LogP contribution is -1.75. The Morgan fingerprint density at radius 2 is 2.33 bits per heavy atom. The molecule has 0 saturated heterocycles. The molecule has 1 heterocycles. The van der Waals surface area contributed by atoms with Crippen LogP contribution in [0.25, 0.3) is 10.4 Å². The van der Waals surface area contributed by atoms with E-state index in [1.807, 2.05) is 12.1 Å². The van der Waals surface area contributed by atoms with Crippen LogP contribution in [-0.2, 0) is 0 Å². The van der Waals surface area contributed by atoms with Gasteiger partial charge in [-0.2, -0.15) is 5.26 Å². The maximum absolute atomic E-state index is 10.5. The maximum Gasteiger partial charge on any atom is 0.178 e. The number of benzene rings is 1. The summed E-state index contributed by atoms with van der Waals surface area (Å²) < 4.78 is 0. The Kier molecular flexibility index (Phi) is 2.57. The number of aldehydes is 1. The molecule has 0 aliphatic heterocycles. The highest BCUT2D eigenvalue weighted by Gasteiger charge is 2.03. The largest absolute Gasteiger partial charge is 0.295 e. The van der Waals surface area contributed by atoms with Crippen LogP contribution in [0.3, 0.4) is 0 Å². The average Bonchev–Trinajstić information content (AvgIpc) is 2.78. The van der Waals surface area contributed by atoms with Crippen molar-refractivity contribution in [3.63, 3.8) is 0 Å². The molecule has 2 rings (SSSR count). The fourth-order valence-electron chi connectivity index (χ4n) is 1.22. The first-order valence-electron chi connectivity index (χ1n) is 4.25. The number of nitrogens with zero attached hydrogens (tertiary/aromatic N) is 2. The van der Waals surface area contributed by atoms with Gasteiger partial charge in [0, 0.05) is 6.20 Å². The third-order valence-electron chi connectivity index (χ3n) is 1.90. The third kappa shape index (κ3) is 1.92. The quantitative estimate of drug-likeness (QED) is 0.722. The van der Waals surface area contributed by atoms with Crippen LogP contribution in [0.2, 0.25) is 0 Å². The molecule has 0 unspecified atom stereocenters. The van der Waals surface area contributed by atoms with E-state index in [1.165, 1.54) is 11.3 Å². The van der Waals surface area contributed by atoms with Crippen LogP contribution in [0.5, 0.6) is 0 Å². The molecule has 0 fully saturated rings. The highest BCUT2D eigenvalue weighted by molar-refractivity contribution is 7.16. The molecule has 0 saturated carbocycles. The van der Waals surface area contributed by atoms with Gasteiger partial charge in [0.15, 0.2) is 11.3 Å². The van der Waals surface area contributed by atoms with Gasteiger partial charge in [-0.1, -0.05) is 12.1 Å². The first-order valence-corrected chi connectivity index (χ1v) is 5.06. The lowest BCUT2D eigenvalue weighted by Gasteiger charge is -1.95. The van der Waals surface area contributed by atoms with Crippen molar-refractivity contribution < 1.29 is 4.79 Å². The summed E-state index contributed by atoms with van der Waals surface area (Å²) in [6.45, 7) is 0. The Bertz CT molecular complexity index is 540. The monoisotopic (exact) mass is 214 g/mol. The van der Waals surface area contributed by atoms with Crippen molar-refractivity contribution in [2.75, 3.05) is 0 Å². The molecule has 1 aromatic carbocycles. The Labute approximate surface area is 90.6 Å². The fourth-order valence-corrected chi connectivity index (χ4v) is 1.95. The van der Waals surface area contributed by atoms with Crippen molar-refractivity contribution >= 4 is 17.6 Å². The summed E-state index contributed by atoms with van der Waals surface area (Å²) in [6.07, 6.45) is 2.37. The molecule has 0 atom stereocenters. The predicted molar refractivity (Wildman–Crippen MR) is 57.7 cm³/mol. The summed E-state index contributed by atoms with van der Waals surface area (Å²) in [6, 6.07) is 9.30. The van der Waals surface area contributed by atoms with Crippen molar-refractivity contribution in [3.8, 4) is 16.5 Å². The zero-order valence-electron chi connectivity index (χ0n) is 7.68. The SMILES string of the molecule is N#Cc1cccc(-c2cnc(C=O)s2)c1. The van der Waals surface area contributed by atoms with Crippen LogP contribution in [0.4, 0.5) is 0 Å². The molecule has 1 aromatic heterocycles. The normalized spacial score (nSPS) is 9.53. The molecule has 0 spiro atoms. The van der Waals surface area contributed by atoms with Gasteiger partial charge in [0.2, 0.25) is 0 Å². The van der Waals surface area contributed by atoms with E-state index in [4.69, 9.17) is 5.26 Å². The number of hydrogen-bond acceptors (Lipinski definition) is 4. The summed E-state index contributed by atoms with van der Waals surface area (Å²) in [5.41, 5.74) is 1.52. The number of rotatable bonds is 2. The topological polar surface area (TPSA) is 53.8 Å². The highest BCUT2D eigenvalue weighted by atomic mass is 32.1. The van der Waals surface area contributed by atoms with Crippen molar-refractivity contribution in [2.24, 2.45) is 0 Å². The number of nitriles is 1. The fraction of sp³-hybridized carbons (Fsp3) is 0. The van der Waals surface area contributed by atoms with Crippen LogP contribution in [0.15, 0.2) is 30.5 Å². The summed E-state index contributed by atoms with van der Waals surface area (Å²) in [4.78, 5) is 15.3. The smallest absolute Gasteiger partial charge is 0.178 e. The second-order valence-corrected chi connectivity index (χ2v) is 3.94. The number of thiazole rings is 1. The van der Waals surface area contributed by atoms with Crippen molar-refractivity contribution in [2.45, 2.75) is 0 Å². The molecule has 2 aromatic rings. The van der Waals surface area contributed by atoms with Crippen LogP contribution >= 0.6 is 11.3 Å². The standard InChI is InChI=1S/C11H6N2OS/c12-5-8-2-1-3-9(4-8)10-6-13-11(7-14)15-10/h1-4,6-7H. The molecule has 0 amide bonds. The third-order valence-corrected chi connectivity index (χ3v) is 2.87. The molecule has 0 bridgehead atoms. The van der Waals surface area contributed by atoms with Gasteiger partial charge in [-0.25, -0.2) is 4.98 Å². The van der Waals surface area contributed by atoms with E-state index in [1.54, 1.807) is 18.3 Å². The minimum atomic E-state index is 0.451. The molecule has 0 radical (unpaired) electrons. The Morgan fingerprint density at radius 3 is 3.00 bits per heavy atom. The van der Waals surface area contributed by atoms with Gasteiger partial charge >= 0.3 is 0 Å². The van der Waals surface area contributed by atoms with Gasteiger partial charge in [-0.3, -0.25) is 4.79 Å². The molecule has 72 valence electrons. The minimum Gasteiger partial charge on any atom is -0.295 e. The molecule has 15 heavy (non-hydrogen) atoms. The van der Waals surface area contributed by atoms with Gasteiger partial charge in [-0.05, 0) is 17.7 Å². The summed E-state index contributed by atoms with van der Waals surface area (Å²) in [5, 5.41) is 9.19. The Hall–Kier alpha value is -1.99. The molecular weight excluding hydrogens is 208 g/mol. The number of carbonyl (C=O) groups excluding carboxylic acids is 1. The molecule has 4 heteroatoms. The second-order valence-electron chi connectivity index (χ2n) is 2.87. The van der Waals surface area contributed by atoms with E-state index >= 15 is 0 Å². The first kappa shape index (κ1) is 9.56. The Balaban J connectivity index is 2.45. The van der Waals surface area contributed by atoms with Crippen LogP contribution < -0.4 is 0 Å². The molecular formula is C11H6N2OS. The van der Waals surface area contributed by atoms with E-state index in [9.17, 15) is 4.79 Å². The lowest BCUT2D eigenvalue weighted by atomic mass is 10.1. The van der Waals surface area contributed by atoms with Gasteiger partial charge < -0.3 is 0 Å². The van der Waals surface area contributed by atoms with E-state index in [0.29, 0.717) is 10.6 Å². The zero-order chi connectivity index (χ0) is 10.7. The highest BCUT2D eigenvalue weighted by Crippen LogP contribution is 2.25. The van der Waals surface area contributed by atoms with E-state index in [-0.39, 0.29) is 0 Å². The number of hydrogen-bond donors (Lipinski definition) is 0. The molecule has 0 aliphatic carbocycles. The van der Waals surface area contributed by atoms with Gasteiger partial charge in [0.05, 0.1) is 16.5 Å². The molecule has 3 nitrogen and oxygen atoms in total. The molecule has 0 aliphatic rings. The van der Waals surface area contributed by atoms with E-state index < -0.39 is 0 Å². The van der Waals surface area contributed by atoms with Crippen molar-refractivity contribution in [3.05, 3.63) is 41.0 Å². The summed E-state index contributed by atoms with van der Waals surface area (Å²) >= 11 is 1.32. The molecule has 0 N–H and O–H groups in total. The van der Waals surface area contributed by atoms with Gasteiger partial charge in [-0.15, -0.1) is 11.3 Å². The minimum absolute atomic E-state index is 0.451. The lowest BCUT2D eigenvalue weighted by molar-refractivity contribution is 0.112. The summed E-state index contributed by atoms with van der Waals surface area (Å²) in [7, 11) is 0. The van der Waals surface area contributed by atoms with Gasteiger partial charge in [0.1, 0.15) is 0 Å². The Morgan fingerprint density at radius 1 is 1.47 bits per heavy atom. The summed E-state index contributed by atoms with van der Waals surface area (Å²) in [5.74, 6) is 0. The van der Waals surface area contributed by atoms with Crippen LogP contribution in [0.1, 0.15) is 15.4 Å². The predicted octanol–water partition coefficient (Wildman–Crippen LogP) is 2.49.